The first-order chi connectivity index (χ1) is 8.25. The lowest BCUT2D eigenvalue weighted by Gasteiger charge is -2.34. The van der Waals surface area contributed by atoms with Gasteiger partial charge in [0.15, 0.2) is 0 Å². The Morgan fingerprint density at radius 3 is 2.71 bits per heavy atom. The summed E-state index contributed by atoms with van der Waals surface area (Å²) in [6.07, 6.45) is 4.25. The molecule has 88 valence electrons. The van der Waals surface area contributed by atoms with Gasteiger partial charge in [-0.15, -0.1) is 11.3 Å². The third-order valence-electron chi connectivity index (χ3n) is 3.66. The number of hydrogen-bond donors (Lipinski definition) is 1. The number of aryl methyl sites for hydroxylation is 1. The van der Waals surface area contributed by atoms with Crippen LogP contribution < -0.4 is 5.73 Å². The summed E-state index contributed by atoms with van der Waals surface area (Å²) in [7, 11) is 0. The van der Waals surface area contributed by atoms with Crippen molar-refractivity contribution in [3.63, 3.8) is 0 Å². The molecule has 2 heteroatoms. The molecule has 0 bridgehead atoms. The number of thiophene rings is 1. The van der Waals surface area contributed by atoms with E-state index in [-0.39, 0.29) is 5.54 Å². The molecule has 0 aliphatic heterocycles. The molecule has 1 heterocycles. The van der Waals surface area contributed by atoms with Crippen LogP contribution in [0.3, 0.4) is 0 Å². The van der Waals surface area contributed by atoms with Gasteiger partial charge in [-0.2, -0.15) is 0 Å². The molecule has 0 amide bonds. The number of rotatable bonds is 2. The van der Waals surface area contributed by atoms with Crippen molar-refractivity contribution in [1.82, 2.24) is 0 Å². The number of nitrogens with two attached hydrogens (primary N) is 1. The van der Waals surface area contributed by atoms with E-state index in [9.17, 15) is 0 Å². The van der Waals surface area contributed by atoms with Gasteiger partial charge in [-0.05, 0) is 41.8 Å². The average Bonchev–Trinajstić information content (AvgIpc) is 2.81. The summed E-state index contributed by atoms with van der Waals surface area (Å²) in [4.78, 5) is 1.41. The molecule has 0 saturated carbocycles. The minimum absolute atomic E-state index is 0.0425. The van der Waals surface area contributed by atoms with Crippen molar-refractivity contribution in [3.05, 3.63) is 57.8 Å². The van der Waals surface area contributed by atoms with Crippen LogP contribution in [0.5, 0.6) is 0 Å². The second-order valence-corrected chi connectivity index (χ2v) is 6.10. The summed E-state index contributed by atoms with van der Waals surface area (Å²) in [6.45, 7) is 0. The average molecular weight is 243 g/mol. The molecule has 1 aromatic heterocycles. The van der Waals surface area contributed by atoms with Crippen LogP contribution in [0, 0.1) is 0 Å². The van der Waals surface area contributed by atoms with Gasteiger partial charge in [0.25, 0.3) is 0 Å². The molecule has 2 N–H and O–H groups in total. The van der Waals surface area contributed by atoms with Crippen molar-refractivity contribution in [2.75, 3.05) is 0 Å². The molecule has 1 nitrogen and oxygen atoms in total. The smallest absolute Gasteiger partial charge is 0.0247 e. The highest BCUT2D eigenvalue weighted by atomic mass is 32.1. The van der Waals surface area contributed by atoms with Gasteiger partial charge in [0, 0.05) is 16.8 Å². The number of hydrogen-bond acceptors (Lipinski definition) is 2. The normalized spacial score (nSPS) is 23.4. The standard InChI is InChI=1S/C15H17NS/c16-15(11-14-6-3-9-17-14)8-7-12-4-1-2-5-13(12)10-15/h1-6,9H,7-8,10-11,16H2. The zero-order chi connectivity index (χ0) is 11.7. The molecular formula is C15H17NS. The Labute approximate surface area is 106 Å². The van der Waals surface area contributed by atoms with Crippen LogP contribution in [0.1, 0.15) is 22.4 Å². The second kappa shape index (κ2) is 4.28. The first kappa shape index (κ1) is 11.0. The van der Waals surface area contributed by atoms with Crippen LogP contribution in [0.4, 0.5) is 0 Å². The maximum absolute atomic E-state index is 6.57. The van der Waals surface area contributed by atoms with Crippen molar-refractivity contribution in [1.29, 1.82) is 0 Å². The highest BCUT2D eigenvalue weighted by Crippen LogP contribution is 2.30. The van der Waals surface area contributed by atoms with Crippen molar-refractivity contribution >= 4 is 11.3 Å². The van der Waals surface area contributed by atoms with Gasteiger partial charge < -0.3 is 5.73 Å². The van der Waals surface area contributed by atoms with Gasteiger partial charge in [0.1, 0.15) is 0 Å². The zero-order valence-corrected chi connectivity index (χ0v) is 10.7. The van der Waals surface area contributed by atoms with Crippen LogP contribution in [0.15, 0.2) is 41.8 Å². The first-order valence-corrected chi connectivity index (χ1v) is 7.01. The molecule has 0 radical (unpaired) electrons. The van der Waals surface area contributed by atoms with E-state index in [1.807, 2.05) is 11.3 Å². The third kappa shape index (κ3) is 2.28. The van der Waals surface area contributed by atoms with E-state index in [0.717, 1.165) is 25.7 Å². The van der Waals surface area contributed by atoms with Crippen molar-refractivity contribution in [2.45, 2.75) is 31.2 Å². The molecule has 1 aliphatic carbocycles. The lowest BCUT2D eigenvalue weighted by atomic mass is 9.76. The second-order valence-electron chi connectivity index (χ2n) is 5.06. The predicted octanol–water partition coefficient (Wildman–Crippen LogP) is 3.18. The molecule has 0 fully saturated rings. The van der Waals surface area contributed by atoms with Gasteiger partial charge >= 0.3 is 0 Å². The molecule has 1 aromatic carbocycles. The van der Waals surface area contributed by atoms with Gasteiger partial charge in [-0.3, -0.25) is 0 Å². The van der Waals surface area contributed by atoms with E-state index in [1.54, 1.807) is 0 Å². The predicted molar refractivity (Wildman–Crippen MR) is 73.4 cm³/mol. The topological polar surface area (TPSA) is 26.0 Å². The largest absolute Gasteiger partial charge is 0.324 e. The monoisotopic (exact) mass is 243 g/mol. The Morgan fingerprint density at radius 1 is 1.12 bits per heavy atom. The maximum atomic E-state index is 6.57. The highest BCUT2D eigenvalue weighted by molar-refractivity contribution is 7.09. The molecule has 17 heavy (non-hydrogen) atoms. The van der Waals surface area contributed by atoms with Gasteiger partial charge in [-0.25, -0.2) is 0 Å². The van der Waals surface area contributed by atoms with E-state index < -0.39 is 0 Å². The summed E-state index contributed by atoms with van der Waals surface area (Å²) in [5.41, 5.74) is 9.46. The summed E-state index contributed by atoms with van der Waals surface area (Å²) >= 11 is 1.82. The van der Waals surface area contributed by atoms with E-state index >= 15 is 0 Å². The lowest BCUT2D eigenvalue weighted by Crippen LogP contribution is -2.46. The number of benzene rings is 1. The van der Waals surface area contributed by atoms with Crippen LogP contribution in [-0.4, -0.2) is 5.54 Å². The van der Waals surface area contributed by atoms with Crippen LogP contribution in [0.25, 0.3) is 0 Å². The zero-order valence-electron chi connectivity index (χ0n) is 9.86. The fourth-order valence-corrected chi connectivity index (χ4v) is 3.60. The van der Waals surface area contributed by atoms with E-state index in [2.05, 4.69) is 41.8 Å². The quantitative estimate of drug-likeness (QED) is 0.861. The highest BCUT2D eigenvalue weighted by Gasteiger charge is 2.30. The van der Waals surface area contributed by atoms with Gasteiger partial charge in [-0.1, -0.05) is 30.3 Å². The Morgan fingerprint density at radius 2 is 1.94 bits per heavy atom. The molecule has 1 unspecified atom stereocenters. The van der Waals surface area contributed by atoms with Crippen LogP contribution in [0.2, 0.25) is 0 Å². The molecule has 1 atom stereocenters. The third-order valence-corrected chi connectivity index (χ3v) is 4.54. The molecule has 0 spiro atoms. The SMILES string of the molecule is NC1(Cc2cccs2)CCc2ccccc2C1. The lowest BCUT2D eigenvalue weighted by molar-refractivity contribution is 0.371. The van der Waals surface area contributed by atoms with Crippen LogP contribution in [-0.2, 0) is 19.3 Å². The van der Waals surface area contributed by atoms with Gasteiger partial charge in [0.05, 0.1) is 0 Å². The molecular weight excluding hydrogens is 226 g/mol. The Bertz CT molecular complexity index is 503. The maximum Gasteiger partial charge on any atom is 0.0247 e. The summed E-state index contributed by atoms with van der Waals surface area (Å²) < 4.78 is 0. The minimum Gasteiger partial charge on any atom is -0.324 e. The van der Waals surface area contributed by atoms with Crippen molar-refractivity contribution in [3.8, 4) is 0 Å². The molecule has 3 rings (SSSR count). The summed E-state index contributed by atoms with van der Waals surface area (Å²) in [5, 5.41) is 2.13. The Kier molecular flexibility index (Phi) is 2.77. The molecule has 2 aromatic rings. The van der Waals surface area contributed by atoms with Crippen molar-refractivity contribution < 1.29 is 0 Å². The Balaban J connectivity index is 1.82. The fourth-order valence-electron chi connectivity index (χ4n) is 2.74. The van der Waals surface area contributed by atoms with Crippen LogP contribution >= 0.6 is 11.3 Å². The molecule has 1 aliphatic rings. The summed E-state index contributed by atoms with van der Waals surface area (Å²) in [6, 6.07) is 13.0. The fraction of sp³-hybridized carbons (Fsp3) is 0.333. The number of fused-ring (bicyclic) bond motifs is 1. The Hall–Kier alpha value is -1.12. The van der Waals surface area contributed by atoms with E-state index in [4.69, 9.17) is 5.73 Å². The first-order valence-electron chi connectivity index (χ1n) is 6.13. The van der Waals surface area contributed by atoms with Gasteiger partial charge in [0.2, 0.25) is 0 Å². The van der Waals surface area contributed by atoms with Crippen molar-refractivity contribution in [2.24, 2.45) is 5.73 Å². The van der Waals surface area contributed by atoms with E-state index in [1.165, 1.54) is 16.0 Å². The molecule has 0 saturated heterocycles. The summed E-state index contributed by atoms with van der Waals surface area (Å²) in [5.74, 6) is 0. The van der Waals surface area contributed by atoms with E-state index in [0.29, 0.717) is 0 Å². The minimum atomic E-state index is -0.0425.